The molecule has 0 bridgehead atoms. The molecule has 0 spiro atoms. The summed E-state index contributed by atoms with van der Waals surface area (Å²) in [5, 5.41) is 11.8. The number of nitrogens with zero attached hydrogens (tertiary/aromatic N) is 5. The number of aromatic nitrogens is 3. The van der Waals surface area contributed by atoms with E-state index in [9.17, 15) is 4.79 Å². The van der Waals surface area contributed by atoms with Crippen LogP contribution in [0.4, 0.5) is 5.69 Å². The van der Waals surface area contributed by atoms with Crippen LogP contribution in [0.5, 0.6) is 0 Å². The van der Waals surface area contributed by atoms with E-state index in [2.05, 4.69) is 21.0 Å². The van der Waals surface area contributed by atoms with Gasteiger partial charge in [-0.15, -0.1) is 0 Å². The highest BCUT2D eigenvalue weighted by Gasteiger charge is 2.47. The molecular weight excluding hydrogens is 388 g/mol. The molecule has 2 saturated carbocycles. The molecule has 0 aliphatic heterocycles. The molecule has 2 aliphatic carbocycles. The largest absolute Gasteiger partial charge is 0.307 e. The van der Waals surface area contributed by atoms with Gasteiger partial charge in [-0.3, -0.25) is 4.98 Å². The first kappa shape index (κ1) is 19.6. The maximum atomic E-state index is 12.0. The molecule has 2 aromatic heterocycles. The number of hydrazine groups is 1. The molecule has 156 valence electrons. The van der Waals surface area contributed by atoms with Gasteiger partial charge in [-0.25, -0.2) is 15.8 Å². The van der Waals surface area contributed by atoms with Crippen molar-refractivity contribution >= 4 is 22.9 Å². The number of fused-ring (bicyclic) bond motifs is 1. The molecule has 7 heteroatoms. The Morgan fingerprint density at radius 1 is 1.06 bits per heavy atom. The van der Waals surface area contributed by atoms with E-state index in [-0.39, 0.29) is 11.9 Å². The van der Waals surface area contributed by atoms with E-state index < -0.39 is 5.41 Å². The third-order valence-corrected chi connectivity index (χ3v) is 6.70. The van der Waals surface area contributed by atoms with Crippen molar-refractivity contribution in [3.63, 3.8) is 0 Å². The summed E-state index contributed by atoms with van der Waals surface area (Å²) in [5.41, 5.74) is 3.94. The highest BCUT2D eigenvalue weighted by Crippen LogP contribution is 2.51. The van der Waals surface area contributed by atoms with Crippen molar-refractivity contribution < 1.29 is 4.79 Å². The SMILES string of the molecule is N#Cc1ncc(-c2ccc3ncc(C4(C=O)CC4)c(N(N)C4CCCCC4)c3c2)cn1. The molecule has 7 nitrogen and oxygen atoms in total. The number of pyridine rings is 1. The molecule has 0 saturated heterocycles. The van der Waals surface area contributed by atoms with Crippen molar-refractivity contribution in [2.75, 3.05) is 5.01 Å². The van der Waals surface area contributed by atoms with Gasteiger partial charge in [0.15, 0.2) is 0 Å². The summed E-state index contributed by atoms with van der Waals surface area (Å²) in [6.07, 6.45) is 13.6. The number of benzene rings is 1. The Morgan fingerprint density at radius 2 is 1.81 bits per heavy atom. The highest BCUT2D eigenvalue weighted by molar-refractivity contribution is 5.98. The number of rotatable bonds is 5. The maximum absolute atomic E-state index is 12.0. The molecule has 0 amide bonds. The zero-order valence-electron chi connectivity index (χ0n) is 17.3. The zero-order chi connectivity index (χ0) is 21.4. The summed E-state index contributed by atoms with van der Waals surface area (Å²) >= 11 is 0. The van der Waals surface area contributed by atoms with Crippen molar-refractivity contribution in [3.05, 3.63) is 48.2 Å². The summed E-state index contributed by atoms with van der Waals surface area (Å²) in [4.78, 5) is 24.9. The van der Waals surface area contributed by atoms with Gasteiger partial charge < -0.3 is 9.80 Å². The van der Waals surface area contributed by atoms with Crippen LogP contribution in [0.15, 0.2) is 36.8 Å². The van der Waals surface area contributed by atoms with Gasteiger partial charge >= 0.3 is 0 Å². The zero-order valence-corrected chi connectivity index (χ0v) is 17.3. The van der Waals surface area contributed by atoms with E-state index in [1.165, 1.54) is 19.3 Å². The Labute approximate surface area is 180 Å². The molecule has 0 radical (unpaired) electrons. The average molecular weight is 412 g/mol. The molecular formula is C24H24N6O. The molecule has 0 atom stereocenters. The van der Waals surface area contributed by atoms with Crippen molar-refractivity contribution in [1.82, 2.24) is 15.0 Å². The van der Waals surface area contributed by atoms with Crippen LogP contribution in [0, 0.1) is 11.3 Å². The minimum atomic E-state index is -0.476. The second-order valence-corrected chi connectivity index (χ2v) is 8.63. The Hall–Kier alpha value is -3.37. The van der Waals surface area contributed by atoms with E-state index in [1.807, 2.05) is 29.4 Å². The van der Waals surface area contributed by atoms with E-state index in [1.54, 1.807) is 12.4 Å². The normalized spacial score (nSPS) is 17.8. The number of carbonyl (C=O) groups is 1. The van der Waals surface area contributed by atoms with Crippen molar-refractivity contribution in [2.24, 2.45) is 5.84 Å². The Kier molecular flexibility index (Phi) is 4.87. The predicted octanol–water partition coefficient (Wildman–Crippen LogP) is 3.81. The van der Waals surface area contributed by atoms with Crippen LogP contribution in [0.2, 0.25) is 0 Å². The first-order valence-electron chi connectivity index (χ1n) is 10.8. The number of carbonyl (C=O) groups excluding carboxylic acids is 1. The lowest BCUT2D eigenvalue weighted by atomic mass is 9.91. The summed E-state index contributed by atoms with van der Waals surface area (Å²) in [6, 6.07) is 8.18. The van der Waals surface area contributed by atoms with Crippen LogP contribution < -0.4 is 10.9 Å². The molecule has 31 heavy (non-hydrogen) atoms. The van der Waals surface area contributed by atoms with E-state index in [0.29, 0.717) is 0 Å². The van der Waals surface area contributed by atoms with Crippen LogP contribution in [0.25, 0.3) is 22.0 Å². The van der Waals surface area contributed by atoms with Gasteiger partial charge in [0.05, 0.1) is 16.6 Å². The first-order chi connectivity index (χ1) is 15.1. The Bertz CT molecular complexity index is 1170. The fourth-order valence-electron chi connectivity index (χ4n) is 4.66. The predicted molar refractivity (Wildman–Crippen MR) is 118 cm³/mol. The first-order valence-corrected chi connectivity index (χ1v) is 10.8. The van der Waals surface area contributed by atoms with Gasteiger partial charge in [0, 0.05) is 41.1 Å². The van der Waals surface area contributed by atoms with Crippen molar-refractivity contribution in [3.8, 4) is 17.2 Å². The smallest absolute Gasteiger partial charge is 0.232 e. The average Bonchev–Trinajstić information content (AvgIpc) is 3.64. The number of nitrogens with two attached hydrogens (primary N) is 1. The number of anilines is 1. The number of hydrogen-bond donors (Lipinski definition) is 1. The van der Waals surface area contributed by atoms with E-state index in [4.69, 9.17) is 11.1 Å². The third-order valence-electron chi connectivity index (χ3n) is 6.70. The molecule has 1 aromatic carbocycles. The number of aldehydes is 1. The molecule has 5 rings (SSSR count). The van der Waals surface area contributed by atoms with Crippen LogP contribution in [0.3, 0.4) is 0 Å². The number of hydrogen-bond acceptors (Lipinski definition) is 7. The topological polar surface area (TPSA) is 109 Å². The lowest BCUT2D eigenvalue weighted by molar-refractivity contribution is -0.109. The monoisotopic (exact) mass is 412 g/mol. The standard InChI is InChI=1S/C24H24N6O/c25-11-22-28-12-17(13-29-22)16-6-7-21-19(10-16)23(30(26)18-4-2-1-3-5-18)20(14-27-21)24(15-31)8-9-24/h6-7,10,12-15,18H,1-5,8-9,26H2. The molecule has 2 fully saturated rings. The lowest BCUT2D eigenvalue weighted by Gasteiger charge is -2.35. The highest BCUT2D eigenvalue weighted by atomic mass is 16.1. The van der Waals surface area contributed by atoms with E-state index in [0.717, 1.165) is 65.3 Å². The maximum Gasteiger partial charge on any atom is 0.232 e. The van der Waals surface area contributed by atoms with Gasteiger partial charge in [0.25, 0.3) is 0 Å². The van der Waals surface area contributed by atoms with Crippen LogP contribution >= 0.6 is 0 Å². The number of nitriles is 1. The third kappa shape index (κ3) is 3.43. The summed E-state index contributed by atoms with van der Waals surface area (Å²) in [6.45, 7) is 0. The molecule has 2 aliphatic rings. The van der Waals surface area contributed by atoms with Gasteiger partial charge in [-0.2, -0.15) is 5.26 Å². The van der Waals surface area contributed by atoms with Crippen molar-refractivity contribution in [2.45, 2.75) is 56.4 Å². The van der Waals surface area contributed by atoms with Crippen LogP contribution in [-0.4, -0.2) is 27.3 Å². The second kappa shape index (κ2) is 7.71. The molecule has 2 N–H and O–H groups in total. The van der Waals surface area contributed by atoms with Gasteiger partial charge in [0.2, 0.25) is 5.82 Å². The van der Waals surface area contributed by atoms with Crippen LogP contribution in [0.1, 0.15) is 56.3 Å². The Morgan fingerprint density at radius 3 is 2.45 bits per heavy atom. The minimum Gasteiger partial charge on any atom is -0.307 e. The van der Waals surface area contributed by atoms with Crippen LogP contribution in [-0.2, 0) is 10.2 Å². The minimum absolute atomic E-state index is 0.140. The van der Waals surface area contributed by atoms with Gasteiger partial charge in [-0.05, 0) is 43.4 Å². The summed E-state index contributed by atoms with van der Waals surface area (Å²) < 4.78 is 0. The summed E-state index contributed by atoms with van der Waals surface area (Å²) in [5.74, 6) is 6.91. The lowest BCUT2D eigenvalue weighted by Crippen LogP contribution is -2.43. The second-order valence-electron chi connectivity index (χ2n) is 8.63. The van der Waals surface area contributed by atoms with Gasteiger partial charge in [-0.1, -0.05) is 25.3 Å². The summed E-state index contributed by atoms with van der Waals surface area (Å²) in [7, 11) is 0. The fraction of sp³-hybridized carbons (Fsp3) is 0.375. The fourth-order valence-corrected chi connectivity index (χ4v) is 4.66. The molecule has 0 unspecified atom stereocenters. The van der Waals surface area contributed by atoms with Gasteiger partial charge in [0.1, 0.15) is 12.4 Å². The quantitative estimate of drug-likeness (QED) is 0.385. The molecule has 3 aromatic rings. The van der Waals surface area contributed by atoms with Crippen molar-refractivity contribution in [1.29, 1.82) is 5.26 Å². The Balaban J connectivity index is 1.68. The van der Waals surface area contributed by atoms with E-state index >= 15 is 0 Å². The molecule has 2 heterocycles.